The fourth-order valence-electron chi connectivity index (χ4n) is 5.30. The lowest BCUT2D eigenvalue weighted by molar-refractivity contribution is -0.205. The van der Waals surface area contributed by atoms with E-state index in [2.05, 4.69) is 5.32 Å². The SMILES string of the molecule is O=C(C=Cc1ccc(O)c(O)c1)OC1[C@H](OC(=O)C=Cc2ccc(O)c(O)c2)CC(O)(C(=O)NC2CC2)C[C@H]1OC(=O)C=Cc1ccc(O)c(O)c1. The van der Waals surface area contributed by atoms with E-state index in [9.17, 15) is 54.9 Å². The van der Waals surface area contributed by atoms with Crippen molar-refractivity contribution >= 4 is 42.0 Å². The molecule has 2 aliphatic rings. The molecule has 0 saturated heterocycles. The zero-order valence-corrected chi connectivity index (χ0v) is 27.3. The van der Waals surface area contributed by atoms with Crippen LogP contribution in [-0.2, 0) is 33.4 Å². The number of ether oxygens (including phenoxy) is 3. The first-order valence-corrected chi connectivity index (χ1v) is 15.9. The fraction of sp³-hybridized carbons (Fsp3) is 0.243. The Morgan fingerprint density at radius 3 is 1.29 bits per heavy atom. The second kappa shape index (κ2) is 15.6. The standard InChI is InChI=1S/C37H35NO14/c39-24-9-1-20(15-27(24)42)4-12-32(45)50-30-18-37(49,36(48)38-23-7-8-23)19-31(51-33(46)13-5-21-2-10-25(40)28(43)16-21)35(30)52-34(47)14-6-22-3-11-26(41)29(44)17-22/h1-6,9-17,23,30-31,35,39-44,49H,7-8,18-19H2,(H,38,48)/t30-,31-,35?,37?/m1/s1. The van der Waals surface area contributed by atoms with E-state index in [1.54, 1.807) is 0 Å². The lowest BCUT2D eigenvalue weighted by Crippen LogP contribution is -2.61. The van der Waals surface area contributed by atoms with E-state index in [1.165, 1.54) is 72.8 Å². The van der Waals surface area contributed by atoms with Crippen LogP contribution in [0.5, 0.6) is 34.5 Å². The van der Waals surface area contributed by atoms with Gasteiger partial charge in [0.25, 0.3) is 5.91 Å². The Morgan fingerprint density at radius 1 is 0.577 bits per heavy atom. The summed E-state index contributed by atoms with van der Waals surface area (Å²) < 4.78 is 16.8. The van der Waals surface area contributed by atoms with Crippen LogP contribution in [0.3, 0.4) is 0 Å². The maximum absolute atomic E-state index is 13.3. The van der Waals surface area contributed by atoms with Gasteiger partial charge in [-0.25, -0.2) is 14.4 Å². The first-order chi connectivity index (χ1) is 24.7. The summed E-state index contributed by atoms with van der Waals surface area (Å²) in [5.41, 5.74) is -1.38. The second-order valence-corrected chi connectivity index (χ2v) is 12.3. The summed E-state index contributed by atoms with van der Waals surface area (Å²) in [6.45, 7) is 0. The van der Waals surface area contributed by atoms with E-state index in [0.717, 1.165) is 18.2 Å². The molecule has 3 aromatic carbocycles. The molecular weight excluding hydrogens is 682 g/mol. The smallest absolute Gasteiger partial charge is 0.331 e. The second-order valence-electron chi connectivity index (χ2n) is 12.3. The third-order valence-corrected chi connectivity index (χ3v) is 8.17. The third kappa shape index (κ3) is 9.60. The number of aromatic hydroxyl groups is 6. The summed E-state index contributed by atoms with van der Waals surface area (Å²) in [5, 5.41) is 72.4. The number of esters is 3. The number of phenolic OH excluding ortho intramolecular Hbond substituents is 6. The summed E-state index contributed by atoms with van der Waals surface area (Å²) >= 11 is 0. The van der Waals surface area contributed by atoms with Crippen LogP contribution in [0.25, 0.3) is 18.2 Å². The van der Waals surface area contributed by atoms with Crippen molar-refractivity contribution in [2.45, 2.75) is 55.6 Å². The van der Waals surface area contributed by atoms with E-state index >= 15 is 0 Å². The van der Waals surface area contributed by atoms with Crippen LogP contribution in [0, 0.1) is 0 Å². The minimum Gasteiger partial charge on any atom is -0.504 e. The molecule has 0 bridgehead atoms. The monoisotopic (exact) mass is 717 g/mol. The maximum Gasteiger partial charge on any atom is 0.331 e. The third-order valence-electron chi connectivity index (χ3n) is 8.17. The molecule has 272 valence electrons. The van der Waals surface area contributed by atoms with Crippen molar-refractivity contribution in [3.8, 4) is 34.5 Å². The van der Waals surface area contributed by atoms with E-state index in [4.69, 9.17) is 14.2 Å². The summed E-state index contributed by atoms with van der Waals surface area (Å²) in [7, 11) is 0. The molecule has 0 radical (unpaired) electrons. The Kier molecular flexibility index (Phi) is 11.0. The Bertz CT molecular complexity index is 1860. The number of amides is 1. The van der Waals surface area contributed by atoms with Crippen molar-refractivity contribution in [2.75, 3.05) is 0 Å². The lowest BCUT2D eigenvalue weighted by Gasteiger charge is -2.43. The Balaban J connectivity index is 1.43. The Hall–Kier alpha value is -6.48. The molecule has 3 aromatic rings. The first-order valence-electron chi connectivity index (χ1n) is 15.9. The van der Waals surface area contributed by atoms with Crippen molar-refractivity contribution in [1.82, 2.24) is 5.32 Å². The van der Waals surface area contributed by atoms with E-state index < -0.39 is 77.8 Å². The minimum absolute atomic E-state index is 0.187. The predicted molar refractivity (Wildman–Crippen MR) is 181 cm³/mol. The van der Waals surface area contributed by atoms with Gasteiger partial charge in [0.2, 0.25) is 0 Å². The summed E-state index contributed by atoms with van der Waals surface area (Å²) in [5.74, 6) is -6.41. The largest absolute Gasteiger partial charge is 0.504 e. The predicted octanol–water partition coefficient (Wildman–Crippen LogP) is 2.90. The van der Waals surface area contributed by atoms with Gasteiger partial charge in [0.1, 0.15) is 12.2 Å². The van der Waals surface area contributed by atoms with Crippen LogP contribution in [-0.4, -0.2) is 89.5 Å². The van der Waals surface area contributed by atoms with Crippen molar-refractivity contribution < 1.29 is 69.1 Å². The number of phenols is 6. The first kappa shape index (κ1) is 36.8. The van der Waals surface area contributed by atoms with Gasteiger partial charge < -0.3 is 55.3 Å². The highest BCUT2D eigenvalue weighted by Crippen LogP contribution is 2.36. The van der Waals surface area contributed by atoms with Gasteiger partial charge in [-0.15, -0.1) is 0 Å². The molecule has 0 spiro atoms. The number of aliphatic hydroxyl groups is 1. The summed E-state index contributed by atoms with van der Waals surface area (Å²) in [6, 6.07) is 11.1. The number of nitrogens with one attached hydrogen (secondary N) is 1. The highest BCUT2D eigenvalue weighted by atomic mass is 16.6. The molecule has 0 unspecified atom stereocenters. The van der Waals surface area contributed by atoms with Crippen LogP contribution in [0.2, 0.25) is 0 Å². The van der Waals surface area contributed by atoms with Crippen molar-refractivity contribution in [1.29, 1.82) is 0 Å². The van der Waals surface area contributed by atoms with Crippen LogP contribution < -0.4 is 5.32 Å². The van der Waals surface area contributed by atoms with E-state index in [-0.39, 0.29) is 23.3 Å². The zero-order chi connectivity index (χ0) is 37.6. The van der Waals surface area contributed by atoms with Crippen LogP contribution in [0.15, 0.2) is 72.8 Å². The number of benzene rings is 3. The molecule has 5 rings (SSSR count). The molecule has 2 aliphatic carbocycles. The Morgan fingerprint density at radius 2 is 0.942 bits per heavy atom. The van der Waals surface area contributed by atoms with Gasteiger partial charge in [-0.1, -0.05) is 18.2 Å². The van der Waals surface area contributed by atoms with Gasteiger partial charge in [0.05, 0.1) is 0 Å². The number of hydrogen-bond acceptors (Lipinski definition) is 14. The number of rotatable bonds is 11. The van der Waals surface area contributed by atoms with Gasteiger partial charge in [0, 0.05) is 37.1 Å². The lowest BCUT2D eigenvalue weighted by atomic mass is 9.78. The molecule has 0 heterocycles. The van der Waals surface area contributed by atoms with Crippen LogP contribution in [0.1, 0.15) is 42.4 Å². The molecule has 52 heavy (non-hydrogen) atoms. The topological polar surface area (TPSA) is 250 Å². The van der Waals surface area contributed by atoms with Gasteiger partial charge >= 0.3 is 17.9 Å². The fourth-order valence-corrected chi connectivity index (χ4v) is 5.30. The summed E-state index contributed by atoms with van der Waals surface area (Å²) in [4.78, 5) is 52.6. The highest BCUT2D eigenvalue weighted by molar-refractivity contribution is 5.90. The van der Waals surface area contributed by atoms with Gasteiger partial charge in [-0.05, 0) is 84.2 Å². The maximum atomic E-state index is 13.3. The highest BCUT2D eigenvalue weighted by Gasteiger charge is 2.54. The molecule has 2 fully saturated rings. The van der Waals surface area contributed by atoms with Crippen molar-refractivity contribution in [3.63, 3.8) is 0 Å². The average Bonchev–Trinajstić information content (AvgIpc) is 3.92. The molecule has 15 nitrogen and oxygen atoms in total. The Labute approximate surface area is 295 Å². The zero-order valence-electron chi connectivity index (χ0n) is 27.3. The molecule has 0 aromatic heterocycles. The van der Waals surface area contributed by atoms with E-state index in [1.807, 2.05) is 0 Å². The number of carbonyl (C=O) groups is 4. The molecule has 1 amide bonds. The van der Waals surface area contributed by atoms with Crippen LogP contribution in [0.4, 0.5) is 0 Å². The molecule has 8 N–H and O–H groups in total. The normalized spacial score (nSPS) is 21.6. The molecule has 2 saturated carbocycles. The quantitative estimate of drug-likeness (QED) is 0.0615. The molecule has 0 aliphatic heterocycles. The number of carbonyl (C=O) groups excluding carboxylic acids is 4. The van der Waals surface area contributed by atoms with Crippen molar-refractivity contribution in [3.05, 3.63) is 89.5 Å². The average molecular weight is 718 g/mol. The number of hydrogen-bond donors (Lipinski definition) is 8. The van der Waals surface area contributed by atoms with Gasteiger partial charge in [-0.2, -0.15) is 0 Å². The van der Waals surface area contributed by atoms with Crippen LogP contribution >= 0.6 is 0 Å². The minimum atomic E-state index is -2.26. The van der Waals surface area contributed by atoms with Gasteiger partial charge in [0.15, 0.2) is 46.2 Å². The van der Waals surface area contributed by atoms with E-state index in [0.29, 0.717) is 29.5 Å². The molecule has 15 heteroatoms. The molecule has 2 atom stereocenters. The van der Waals surface area contributed by atoms with Crippen molar-refractivity contribution in [2.24, 2.45) is 0 Å². The molecular formula is C37H35NO14. The van der Waals surface area contributed by atoms with Gasteiger partial charge in [-0.3, -0.25) is 4.79 Å². The summed E-state index contributed by atoms with van der Waals surface area (Å²) in [6.07, 6.45) is 2.10.